The van der Waals surface area contributed by atoms with Crippen LogP contribution in [-0.4, -0.2) is 29.4 Å². The van der Waals surface area contributed by atoms with Crippen molar-refractivity contribution in [3.8, 4) is 0 Å². The van der Waals surface area contributed by atoms with Crippen LogP contribution < -0.4 is 15.3 Å². The third kappa shape index (κ3) is 10.5. The molecule has 0 fully saturated rings. The van der Waals surface area contributed by atoms with Crippen molar-refractivity contribution in [2.24, 2.45) is 0 Å². The molecule has 122 valence electrons. The largest absolute Gasteiger partial charge is 4.00 e. The first-order chi connectivity index (χ1) is 9.24. The summed E-state index contributed by atoms with van der Waals surface area (Å²) in [6.45, 7) is 16.4. The molecule has 0 atom stereocenters. The van der Waals surface area contributed by atoms with Crippen molar-refractivity contribution in [1.29, 1.82) is 0 Å². The second-order valence-corrected chi connectivity index (χ2v) is 11.2. The Bertz CT molecular complexity index is 330. The summed E-state index contributed by atoms with van der Waals surface area (Å²) in [6, 6.07) is 1.33. The van der Waals surface area contributed by atoms with Crippen LogP contribution in [0.1, 0.15) is 27.8 Å². The minimum absolute atomic E-state index is 0. The molecule has 0 aromatic heterocycles. The van der Waals surface area contributed by atoms with Gasteiger partial charge in [-0.3, -0.25) is 0 Å². The van der Waals surface area contributed by atoms with Crippen LogP contribution in [-0.2, 0) is 27.8 Å². The molecule has 21 heavy (non-hydrogen) atoms. The number of hydrogen-bond donors (Lipinski definition) is 0. The topological polar surface area (TPSA) is 69.2 Å². The van der Waals surface area contributed by atoms with Crippen LogP contribution in [0.2, 0.25) is 19.6 Å². The van der Waals surface area contributed by atoms with E-state index in [2.05, 4.69) is 47.3 Å². The molecule has 0 aliphatic heterocycles. The average molecular weight is 348 g/mol. The molecule has 0 bridgehead atoms. The molecule has 3 nitrogen and oxygen atoms in total. The van der Waals surface area contributed by atoms with Crippen LogP contribution in [0.15, 0.2) is 0 Å². The first-order valence-electron chi connectivity index (χ1n) is 6.68. The van der Waals surface area contributed by atoms with E-state index in [-0.39, 0.29) is 21.7 Å². The summed E-state index contributed by atoms with van der Waals surface area (Å²) in [7, 11) is 1.28. The summed E-state index contributed by atoms with van der Waals surface area (Å²) < 4.78 is 0. The molecule has 0 amide bonds. The van der Waals surface area contributed by atoms with Crippen molar-refractivity contribution in [2.75, 3.05) is 21.3 Å². The van der Waals surface area contributed by atoms with Crippen molar-refractivity contribution in [3.63, 3.8) is 0 Å². The van der Waals surface area contributed by atoms with Crippen LogP contribution in [0, 0.1) is 27.7 Å². The fourth-order valence-corrected chi connectivity index (χ4v) is 3.68. The van der Waals surface area contributed by atoms with Crippen LogP contribution >= 0.6 is 0 Å². The molecule has 5 heteroatoms. The fourth-order valence-electron chi connectivity index (χ4n) is 2.09. The second kappa shape index (κ2) is 15.1. The summed E-state index contributed by atoms with van der Waals surface area (Å²) in [4.78, 5) is 0. The maximum absolute atomic E-state index is 8.25. The van der Waals surface area contributed by atoms with Gasteiger partial charge in [0.25, 0.3) is 0 Å². The third-order valence-electron chi connectivity index (χ3n) is 3.30. The van der Waals surface area contributed by atoms with Gasteiger partial charge >= 0.3 is 21.7 Å². The van der Waals surface area contributed by atoms with Crippen LogP contribution in [0.3, 0.4) is 0 Å². The Hall–Kier alpha value is 0.161. The van der Waals surface area contributed by atoms with E-state index < -0.39 is 8.07 Å². The normalized spacial score (nSPS) is 9.00. The summed E-state index contributed by atoms with van der Waals surface area (Å²) in [5, 5.41) is 24.8. The molecule has 1 aromatic rings. The van der Waals surface area contributed by atoms with Crippen LogP contribution in [0.25, 0.3) is 0 Å². The van der Waals surface area contributed by atoms with E-state index in [4.69, 9.17) is 15.3 Å². The minimum Gasteiger partial charge on any atom is -0.857 e. The first kappa shape index (κ1) is 29.2. The second-order valence-electron chi connectivity index (χ2n) is 5.72. The van der Waals surface area contributed by atoms with E-state index in [1.807, 2.05) is 0 Å². The zero-order valence-electron chi connectivity index (χ0n) is 15.4. The maximum Gasteiger partial charge on any atom is 4.00 e. The molecule has 1 rings (SSSR count). The van der Waals surface area contributed by atoms with Gasteiger partial charge in [-0.2, -0.15) is 49.1 Å². The molecule has 0 N–H and O–H groups in total. The molecule has 0 radical (unpaired) electrons. The van der Waals surface area contributed by atoms with Gasteiger partial charge in [0.05, 0.1) is 0 Å². The SMILES string of the molecule is C[O-].C[O-].C[O-].Cc1c(C)c(C[Si](C)(C)C)[c-](C)c1C.[Ti+4]. The minimum atomic E-state index is -0.970. The summed E-state index contributed by atoms with van der Waals surface area (Å²) in [6.07, 6.45) is 0. The third-order valence-corrected chi connectivity index (χ3v) is 4.71. The van der Waals surface area contributed by atoms with Crippen LogP contribution in [0.4, 0.5) is 0 Å². The molecular weight excluding hydrogens is 316 g/mol. The van der Waals surface area contributed by atoms with Gasteiger partial charge in [0.15, 0.2) is 0 Å². The van der Waals surface area contributed by atoms with E-state index in [0.29, 0.717) is 0 Å². The van der Waals surface area contributed by atoms with Gasteiger partial charge in [0.2, 0.25) is 0 Å². The Kier molecular flexibility index (Phi) is 21.0. The van der Waals surface area contributed by atoms with Gasteiger partial charge in [-0.05, 0) is 0 Å². The van der Waals surface area contributed by atoms with E-state index in [1.165, 1.54) is 17.2 Å². The molecule has 0 saturated carbocycles. The number of rotatable bonds is 2. The predicted octanol–water partition coefficient (Wildman–Crippen LogP) is 0.986. The summed E-state index contributed by atoms with van der Waals surface area (Å²) >= 11 is 0. The van der Waals surface area contributed by atoms with Gasteiger partial charge in [-0.1, -0.05) is 53.4 Å². The Morgan fingerprint density at radius 2 is 1.14 bits per heavy atom. The van der Waals surface area contributed by atoms with Crippen molar-refractivity contribution < 1.29 is 37.0 Å². The average Bonchev–Trinajstić information content (AvgIpc) is 2.62. The molecule has 0 unspecified atom stereocenters. The Labute approximate surface area is 147 Å². The van der Waals surface area contributed by atoms with Crippen molar-refractivity contribution in [2.45, 2.75) is 53.4 Å². The summed E-state index contributed by atoms with van der Waals surface area (Å²) in [5.74, 6) is 0. The first-order valence-corrected chi connectivity index (χ1v) is 10.4. The van der Waals surface area contributed by atoms with Crippen molar-refractivity contribution in [3.05, 3.63) is 27.8 Å². The molecule has 1 aromatic carbocycles. The zero-order chi connectivity index (χ0) is 17.1. The number of hydrogen-bond acceptors (Lipinski definition) is 3. The van der Waals surface area contributed by atoms with Gasteiger partial charge in [-0.25, -0.2) is 0 Å². The molecular formula is C16H32O3SiTi. The van der Waals surface area contributed by atoms with Crippen molar-refractivity contribution >= 4 is 8.07 Å². The molecule has 0 spiro atoms. The zero-order valence-corrected chi connectivity index (χ0v) is 18.0. The van der Waals surface area contributed by atoms with E-state index in [0.717, 1.165) is 21.3 Å². The van der Waals surface area contributed by atoms with Crippen LogP contribution in [0.5, 0.6) is 0 Å². The van der Waals surface area contributed by atoms with Gasteiger partial charge in [-0.15, -0.1) is 0 Å². The van der Waals surface area contributed by atoms with Crippen molar-refractivity contribution in [1.82, 2.24) is 0 Å². The smallest absolute Gasteiger partial charge is 0.857 e. The van der Waals surface area contributed by atoms with Gasteiger partial charge < -0.3 is 15.3 Å². The Morgan fingerprint density at radius 3 is 1.33 bits per heavy atom. The fraction of sp³-hybridized carbons (Fsp3) is 0.688. The molecule has 0 aliphatic carbocycles. The van der Waals surface area contributed by atoms with E-state index in [9.17, 15) is 0 Å². The van der Waals surface area contributed by atoms with E-state index in [1.54, 1.807) is 16.7 Å². The van der Waals surface area contributed by atoms with E-state index >= 15 is 0 Å². The molecule has 0 aliphatic rings. The molecule has 0 saturated heterocycles. The van der Waals surface area contributed by atoms with Gasteiger partial charge in [0.1, 0.15) is 0 Å². The Balaban J connectivity index is -0.000000183. The monoisotopic (exact) mass is 348 g/mol. The molecule has 0 heterocycles. The maximum atomic E-state index is 8.25. The predicted molar refractivity (Wildman–Crippen MR) is 85.8 cm³/mol. The standard InChI is InChI=1S/C13H23Si.3CH3O.Ti/c1-9-10(2)12(4)13(11(9)3)8-14(5,6)7;3*1-2;/h8H2,1-7H3;3*1H3;/q4*-1;+4. The Morgan fingerprint density at radius 1 is 0.810 bits per heavy atom. The summed E-state index contributed by atoms with van der Waals surface area (Å²) in [5.41, 5.74) is 7.75. The quantitative estimate of drug-likeness (QED) is 0.591. The van der Waals surface area contributed by atoms with Gasteiger partial charge in [0, 0.05) is 8.07 Å².